The molecule has 1 unspecified atom stereocenters. The van der Waals surface area contributed by atoms with Crippen molar-refractivity contribution in [1.29, 1.82) is 0 Å². The van der Waals surface area contributed by atoms with E-state index in [-0.39, 0.29) is 11.9 Å². The first kappa shape index (κ1) is 14.6. The quantitative estimate of drug-likeness (QED) is 0.885. The molecule has 3 rings (SSSR count). The number of piperazine rings is 1. The maximum atomic E-state index is 12.8. The van der Waals surface area contributed by atoms with Gasteiger partial charge in [0.05, 0.1) is 17.8 Å². The van der Waals surface area contributed by atoms with Gasteiger partial charge in [-0.3, -0.25) is 9.69 Å². The third-order valence-corrected chi connectivity index (χ3v) is 4.82. The van der Waals surface area contributed by atoms with Gasteiger partial charge in [0, 0.05) is 38.2 Å². The number of fused-ring (bicyclic) bond motifs is 1. The van der Waals surface area contributed by atoms with Gasteiger partial charge in [-0.05, 0) is 32.8 Å². The Bertz CT molecular complexity index is 503. The van der Waals surface area contributed by atoms with Crippen LogP contribution in [0.1, 0.15) is 44.1 Å². The molecule has 5 nitrogen and oxygen atoms in total. The van der Waals surface area contributed by atoms with Crippen LogP contribution in [0.3, 0.4) is 0 Å². The van der Waals surface area contributed by atoms with Crippen molar-refractivity contribution in [3.8, 4) is 0 Å². The number of carbonyl (C=O) groups is 1. The second-order valence-corrected chi connectivity index (χ2v) is 6.51. The lowest BCUT2D eigenvalue weighted by molar-refractivity contribution is -0.133. The van der Waals surface area contributed by atoms with E-state index in [9.17, 15) is 4.79 Å². The molecule has 1 amide bonds. The summed E-state index contributed by atoms with van der Waals surface area (Å²) < 4.78 is 5.50. The minimum absolute atomic E-state index is 0.0993. The van der Waals surface area contributed by atoms with E-state index in [1.807, 2.05) is 19.9 Å². The molecular weight excluding hydrogens is 266 g/mol. The van der Waals surface area contributed by atoms with Crippen LogP contribution in [0.25, 0.3) is 0 Å². The average molecular weight is 291 g/mol. The summed E-state index contributed by atoms with van der Waals surface area (Å²) in [5.41, 5.74) is 0.689. The minimum atomic E-state index is -0.469. The van der Waals surface area contributed by atoms with Crippen LogP contribution in [0.15, 0.2) is 16.7 Å². The topological polar surface area (TPSA) is 57.5 Å². The number of hydrogen-bond donors (Lipinski definition) is 2. The molecule has 1 saturated heterocycles. The molecule has 0 spiro atoms. The van der Waals surface area contributed by atoms with Gasteiger partial charge in [0.2, 0.25) is 5.91 Å². The largest absolute Gasteiger partial charge is 0.469 e. The van der Waals surface area contributed by atoms with Crippen LogP contribution in [-0.4, -0.2) is 42.5 Å². The summed E-state index contributed by atoms with van der Waals surface area (Å²) in [6.07, 6.45) is 4.78. The Morgan fingerprint density at radius 2 is 2.19 bits per heavy atom. The number of nitrogens with one attached hydrogen (secondary N) is 2. The van der Waals surface area contributed by atoms with Crippen LogP contribution in [0.4, 0.5) is 0 Å². The number of aryl methyl sites for hydroxylation is 1. The molecule has 1 aromatic rings. The zero-order chi connectivity index (χ0) is 14.9. The van der Waals surface area contributed by atoms with Gasteiger partial charge in [-0.15, -0.1) is 0 Å². The lowest BCUT2D eigenvalue weighted by atomic mass is 9.92. The zero-order valence-electron chi connectivity index (χ0n) is 12.9. The van der Waals surface area contributed by atoms with Crippen LogP contribution >= 0.6 is 0 Å². The van der Waals surface area contributed by atoms with Crippen molar-refractivity contribution >= 4 is 5.91 Å². The Kier molecular flexibility index (Phi) is 4.04. The normalized spacial score (nSPS) is 23.6. The number of nitrogens with zero attached hydrogens (tertiary/aromatic N) is 1. The minimum Gasteiger partial charge on any atom is -0.469 e. The van der Waals surface area contributed by atoms with E-state index in [1.165, 1.54) is 0 Å². The summed E-state index contributed by atoms with van der Waals surface area (Å²) >= 11 is 0. The van der Waals surface area contributed by atoms with Crippen molar-refractivity contribution in [2.24, 2.45) is 0 Å². The SMILES string of the molecule is CC(C)(C(=O)NC1CCCc2occc21)N1CCNCC1. The lowest BCUT2D eigenvalue weighted by Crippen LogP contribution is -2.60. The molecule has 2 aliphatic rings. The van der Waals surface area contributed by atoms with Crippen LogP contribution in [0.5, 0.6) is 0 Å². The van der Waals surface area contributed by atoms with Crippen molar-refractivity contribution in [2.45, 2.75) is 44.7 Å². The fourth-order valence-electron chi connectivity index (χ4n) is 3.34. The highest BCUT2D eigenvalue weighted by Crippen LogP contribution is 2.31. The highest BCUT2D eigenvalue weighted by Gasteiger charge is 2.37. The number of carbonyl (C=O) groups excluding carboxylic acids is 1. The molecule has 1 aliphatic carbocycles. The summed E-state index contributed by atoms with van der Waals surface area (Å²) in [5.74, 6) is 1.15. The van der Waals surface area contributed by atoms with E-state index in [1.54, 1.807) is 6.26 Å². The van der Waals surface area contributed by atoms with Crippen molar-refractivity contribution < 1.29 is 9.21 Å². The Morgan fingerprint density at radius 1 is 1.43 bits per heavy atom. The molecule has 5 heteroatoms. The van der Waals surface area contributed by atoms with Gasteiger partial charge in [-0.25, -0.2) is 0 Å². The fraction of sp³-hybridized carbons (Fsp3) is 0.688. The third kappa shape index (κ3) is 2.85. The maximum Gasteiger partial charge on any atom is 0.240 e. The van der Waals surface area contributed by atoms with E-state index in [4.69, 9.17) is 4.42 Å². The molecule has 2 N–H and O–H groups in total. The van der Waals surface area contributed by atoms with E-state index < -0.39 is 5.54 Å². The van der Waals surface area contributed by atoms with Gasteiger partial charge >= 0.3 is 0 Å². The lowest BCUT2D eigenvalue weighted by Gasteiger charge is -2.40. The fourth-order valence-corrected chi connectivity index (χ4v) is 3.34. The van der Waals surface area contributed by atoms with Gasteiger partial charge in [-0.2, -0.15) is 0 Å². The van der Waals surface area contributed by atoms with Crippen molar-refractivity contribution in [3.63, 3.8) is 0 Å². The molecule has 21 heavy (non-hydrogen) atoms. The summed E-state index contributed by atoms with van der Waals surface area (Å²) in [6, 6.07) is 2.10. The van der Waals surface area contributed by atoms with Crippen LogP contribution in [0, 0.1) is 0 Å². The molecule has 1 aromatic heterocycles. The molecule has 0 radical (unpaired) electrons. The molecule has 1 atom stereocenters. The summed E-state index contributed by atoms with van der Waals surface area (Å²) in [5, 5.41) is 6.57. The highest BCUT2D eigenvalue weighted by molar-refractivity contribution is 5.85. The van der Waals surface area contributed by atoms with Crippen LogP contribution in [0.2, 0.25) is 0 Å². The van der Waals surface area contributed by atoms with Gasteiger partial charge in [0.25, 0.3) is 0 Å². The first-order chi connectivity index (χ1) is 10.1. The summed E-state index contributed by atoms with van der Waals surface area (Å²) in [4.78, 5) is 15.0. The van der Waals surface area contributed by atoms with Crippen molar-refractivity contribution in [3.05, 3.63) is 23.7 Å². The standard InChI is InChI=1S/C16H25N3O2/c1-16(2,19-9-7-17-8-10-19)15(20)18-13-4-3-5-14-12(13)6-11-21-14/h6,11,13,17H,3-5,7-10H2,1-2H3,(H,18,20). The number of hydrogen-bond acceptors (Lipinski definition) is 4. The highest BCUT2D eigenvalue weighted by atomic mass is 16.3. The predicted octanol–water partition coefficient (Wildman–Crippen LogP) is 1.46. The van der Waals surface area contributed by atoms with E-state index in [0.29, 0.717) is 0 Å². The number of rotatable bonds is 3. The number of amides is 1. The second kappa shape index (κ2) is 5.81. The van der Waals surface area contributed by atoms with Gasteiger partial charge in [0.15, 0.2) is 0 Å². The average Bonchev–Trinajstić information content (AvgIpc) is 2.97. The van der Waals surface area contributed by atoms with Gasteiger partial charge < -0.3 is 15.1 Å². The summed E-state index contributed by atoms with van der Waals surface area (Å²) in [6.45, 7) is 7.78. The molecular formula is C16H25N3O2. The summed E-state index contributed by atoms with van der Waals surface area (Å²) in [7, 11) is 0. The van der Waals surface area contributed by atoms with E-state index in [0.717, 1.165) is 56.8 Å². The Hall–Kier alpha value is -1.33. The zero-order valence-corrected chi connectivity index (χ0v) is 12.9. The smallest absolute Gasteiger partial charge is 0.240 e. The maximum absolute atomic E-state index is 12.8. The first-order valence-corrected chi connectivity index (χ1v) is 7.92. The molecule has 1 aliphatic heterocycles. The Balaban J connectivity index is 1.69. The van der Waals surface area contributed by atoms with Crippen molar-refractivity contribution in [2.75, 3.05) is 26.2 Å². The molecule has 0 saturated carbocycles. The molecule has 2 heterocycles. The molecule has 0 aromatic carbocycles. The molecule has 116 valence electrons. The van der Waals surface area contributed by atoms with Gasteiger partial charge in [0.1, 0.15) is 5.76 Å². The predicted molar refractivity (Wildman–Crippen MR) is 81.1 cm³/mol. The Labute approximate surface area is 126 Å². The van der Waals surface area contributed by atoms with Crippen LogP contribution < -0.4 is 10.6 Å². The van der Waals surface area contributed by atoms with Gasteiger partial charge in [-0.1, -0.05) is 0 Å². The van der Waals surface area contributed by atoms with Crippen molar-refractivity contribution in [1.82, 2.24) is 15.5 Å². The molecule has 0 bridgehead atoms. The number of furan rings is 1. The third-order valence-electron chi connectivity index (χ3n) is 4.82. The van der Waals surface area contributed by atoms with Crippen LogP contribution in [-0.2, 0) is 11.2 Å². The molecule has 1 fully saturated rings. The Morgan fingerprint density at radius 3 is 2.95 bits per heavy atom. The monoisotopic (exact) mass is 291 g/mol. The van der Waals surface area contributed by atoms with E-state index in [2.05, 4.69) is 15.5 Å². The first-order valence-electron chi connectivity index (χ1n) is 7.92. The van der Waals surface area contributed by atoms with E-state index >= 15 is 0 Å². The second-order valence-electron chi connectivity index (χ2n) is 6.51.